The standard InChI is InChI=1S/C23H29F3N6O2/c1-13(33)21(34)32-9-8-14-10-18(5-2-15(14)12-32)30-22-28-11-19(23(24,25)26)20(31-22)29-17-6-3-16(27)4-7-17/h2,5,10-11,13,16-17,33H,3-4,6-9,12,27H2,1H3,(H2,28,29,30,31)/t13-,16?,17?/m1/s1. The zero-order valence-corrected chi connectivity index (χ0v) is 18.9. The number of aliphatic hydroxyl groups is 1. The van der Waals surface area contributed by atoms with Gasteiger partial charge in [0, 0.05) is 37.1 Å². The van der Waals surface area contributed by atoms with E-state index in [4.69, 9.17) is 5.73 Å². The molecule has 1 amide bonds. The number of halogens is 3. The van der Waals surface area contributed by atoms with Crippen molar-refractivity contribution in [3.63, 3.8) is 0 Å². The minimum atomic E-state index is -4.58. The summed E-state index contributed by atoms with van der Waals surface area (Å²) in [6, 6.07) is 5.47. The molecule has 0 saturated heterocycles. The van der Waals surface area contributed by atoms with Crippen LogP contribution in [0.1, 0.15) is 49.3 Å². The number of aromatic nitrogens is 2. The molecule has 184 valence electrons. The molecule has 1 fully saturated rings. The molecule has 1 aromatic carbocycles. The van der Waals surface area contributed by atoms with Gasteiger partial charge in [-0.25, -0.2) is 4.98 Å². The molecule has 2 heterocycles. The van der Waals surface area contributed by atoms with Crippen LogP contribution in [-0.2, 0) is 23.9 Å². The highest BCUT2D eigenvalue weighted by Crippen LogP contribution is 2.35. The summed E-state index contributed by atoms with van der Waals surface area (Å²) in [5.74, 6) is -0.494. The normalized spacial score (nSPS) is 21.5. The van der Waals surface area contributed by atoms with Crippen LogP contribution < -0.4 is 16.4 Å². The molecule has 1 aliphatic heterocycles. The molecule has 0 bridgehead atoms. The lowest BCUT2D eigenvalue weighted by Crippen LogP contribution is -2.41. The lowest BCUT2D eigenvalue weighted by Gasteiger charge is -2.30. The lowest BCUT2D eigenvalue weighted by molar-refractivity contribution is -0.140. The number of nitrogens with one attached hydrogen (secondary N) is 2. The number of anilines is 3. The fourth-order valence-electron chi connectivity index (χ4n) is 4.43. The Morgan fingerprint density at radius 1 is 1.24 bits per heavy atom. The Bertz CT molecular complexity index is 1040. The van der Waals surface area contributed by atoms with Crippen molar-refractivity contribution in [1.82, 2.24) is 14.9 Å². The molecule has 0 radical (unpaired) electrons. The predicted molar refractivity (Wildman–Crippen MR) is 121 cm³/mol. The molecule has 1 saturated carbocycles. The third-order valence-corrected chi connectivity index (χ3v) is 6.35. The van der Waals surface area contributed by atoms with Crippen LogP contribution in [-0.4, -0.2) is 50.6 Å². The second-order valence-electron chi connectivity index (χ2n) is 9.00. The number of nitrogens with zero attached hydrogens (tertiary/aromatic N) is 3. The first-order valence-electron chi connectivity index (χ1n) is 11.4. The van der Waals surface area contributed by atoms with Crippen LogP contribution in [0.25, 0.3) is 0 Å². The fourth-order valence-corrected chi connectivity index (χ4v) is 4.43. The minimum absolute atomic E-state index is 0.0599. The van der Waals surface area contributed by atoms with Crippen molar-refractivity contribution in [2.75, 3.05) is 17.2 Å². The number of carbonyl (C=O) groups is 1. The van der Waals surface area contributed by atoms with E-state index < -0.39 is 17.8 Å². The maximum absolute atomic E-state index is 13.5. The highest BCUT2D eigenvalue weighted by molar-refractivity contribution is 5.80. The Morgan fingerprint density at radius 3 is 2.65 bits per heavy atom. The van der Waals surface area contributed by atoms with Gasteiger partial charge in [0.1, 0.15) is 17.5 Å². The van der Waals surface area contributed by atoms with Gasteiger partial charge in [0.25, 0.3) is 5.91 Å². The van der Waals surface area contributed by atoms with Gasteiger partial charge < -0.3 is 26.4 Å². The molecule has 11 heteroatoms. The van der Waals surface area contributed by atoms with Crippen molar-refractivity contribution in [1.29, 1.82) is 0 Å². The van der Waals surface area contributed by atoms with E-state index in [-0.39, 0.29) is 29.8 Å². The maximum Gasteiger partial charge on any atom is 0.421 e. The van der Waals surface area contributed by atoms with E-state index in [1.807, 2.05) is 12.1 Å². The lowest BCUT2D eigenvalue weighted by atomic mass is 9.92. The average molecular weight is 479 g/mol. The van der Waals surface area contributed by atoms with Crippen molar-refractivity contribution < 1.29 is 23.1 Å². The van der Waals surface area contributed by atoms with Crippen LogP contribution in [0.2, 0.25) is 0 Å². The van der Waals surface area contributed by atoms with Crippen LogP contribution in [0.4, 0.5) is 30.6 Å². The van der Waals surface area contributed by atoms with Crippen molar-refractivity contribution in [2.45, 2.75) is 69.9 Å². The number of rotatable bonds is 5. The van der Waals surface area contributed by atoms with Gasteiger partial charge in [-0.05, 0) is 62.3 Å². The van der Waals surface area contributed by atoms with E-state index in [2.05, 4.69) is 20.6 Å². The SMILES string of the molecule is C[C@@H](O)C(=O)N1CCc2cc(Nc3ncc(C(F)(F)F)c(NC4CCC(N)CC4)n3)ccc2C1. The third kappa shape index (κ3) is 5.58. The summed E-state index contributed by atoms with van der Waals surface area (Å²) in [6.07, 6.45) is -1.34. The number of nitrogens with two attached hydrogens (primary N) is 1. The van der Waals surface area contributed by atoms with Gasteiger partial charge in [0.15, 0.2) is 0 Å². The van der Waals surface area contributed by atoms with Gasteiger partial charge in [0.05, 0.1) is 0 Å². The Hall–Kier alpha value is -2.92. The van der Waals surface area contributed by atoms with Gasteiger partial charge in [-0.3, -0.25) is 4.79 Å². The largest absolute Gasteiger partial charge is 0.421 e. The number of carbonyl (C=O) groups excluding carboxylic acids is 1. The van der Waals surface area contributed by atoms with Gasteiger partial charge >= 0.3 is 6.18 Å². The monoisotopic (exact) mass is 478 g/mol. The maximum atomic E-state index is 13.5. The highest BCUT2D eigenvalue weighted by Gasteiger charge is 2.36. The number of fused-ring (bicyclic) bond motifs is 1. The average Bonchev–Trinajstić information content (AvgIpc) is 2.79. The van der Waals surface area contributed by atoms with Crippen LogP contribution in [0.15, 0.2) is 24.4 Å². The molecule has 1 atom stereocenters. The molecule has 0 spiro atoms. The van der Waals surface area contributed by atoms with Crippen LogP contribution in [0, 0.1) is 0 Å². The van der Waals surface area contributed by atoms with Crippen molar-refractivity contribution in [2.24, 2.45) is 5.73 Å². The second-order valence-corrected chi connectivity index (χ2v) is 9.00. The fraction of sp³-hybridized carbons (Fsp3) is 0.522. The van der Waals surface area contributed by atoms with Crippen molar-refractivity contribution in [3.05, 3.63) is 41.1 Å². The number of hydrogen-bond acceptors (Lipinski definition) is 7. The molecule has 34 heavy (non-hydrogen) atoms. The molecule has 8 nitrogen and oxygen atoms in total. The summed E-state index contributed by atoms with van der Waals surface area (Å²) < 4.78 is 40.6. The summed E-state index contributed by atoms with van der Waals surface area (Å²) in [6.45, 7) is 2.33. The summed E-state index contributed by atoms with van der Waals surface area (Å²) in [5.41, 5.74) is 7.62. The van der Waals surface area contributed by atoms with Crippen LogP contribution in [0.5, 0.6) is 0 Å². The van der Waals surface area contributed by atoms with Gasteiger partial charge in [-0.15, -0.1) is 0 Å². The number of amides is 1. The van der Waals surface area contributed by atoms with Gasteiger partial charge in [-0.2, -0.15) is 18.2 Å². The van der Waals surface area contributed by atoms with E-state index in [9.17, 15) is 23.1 Å². The molecule has 0 unspecified atom stereocenters. The molecule has 5 N–H and O–H groups in total. The number of hydrogen-bond donors (Lipinski definition) is 4. The molecular formula is C23H29F3N6O2. The minimum Gasteiger partial charge on any atom is -0.384 e. The van der Waals surface area contributed by atoms with E-state index >= 15 is 0 Å². The highest BCUT2D eigenvalue weighted by atomic mass is 19.4. The first kappa shape index (κ1) is 24.2. The quantitative estimate of drug-likeness (QED) is 0.522. The predicted octanol–water partition coefficient (Wildman–Crippen LogP) is 3.19. The molecule has 2 aromatic rings. The van der Waals surface area contributed by atoms with E-state index in [0.29, 0.717) is 38.0 Å². The Kier molecular flexibility index (Phi) is 6.94. The van der Waals surface area contributed by atoms with Crippen LogP contribution >= 0.6 is 0 Å². The van der Waals surface area contributed by atoms with Gasteiger partial charge in [0.2, 0.25) is 5.95 Å². The molecule has 2 aliphatic rings. The van der Waals surface area contributed by atoms with Crippen molar-refractivity contribution >= 4 is 23.4 Å². The van der Waals surface area contributed by atoms with Crippen molar-refractivity contribution in [3.8, 4) is 0 Å². The number of alkyl halides is 3. The third-order valence-electron chi connectivity index (χ3n) is 6.35. The number of aliphatic hydroxyl groups excluding tert-OH is 1. The topological polar surface area (TPSA) is 116 Å². The van der Waals surface area contributed by atoms with E-state index in [1.165, 1.54) is 6.92 Å². The van der Waals surface area contributed by atoms with E-state index in [1.54, 1.807) is 11.0 Å². The smallest absolute Gasteiger partial charge is 0.384 e. The van der Waals surface area contributed by atoms with Crippen LogP contribution in [0.3, 0.4) is 0 Å². The zero-order chi connectivity index (χ0) is 24.5. The number of benzene rings is 1. The summed E-state index contributed by atoms with van der Waals surface area (Å²) in [7, 11) is 0. The van der Waals surface area contributed by atoms with E-state index in [0.717, 1.165) is 30.2 Å². The summed E-state index contributed by atoms with van der Waals surface area (Å²) >= 11 is 0. The Balaban J connectivity index is 1.51. The second kappa shape index (κ2) is 9.75. The first-order chi connectivity index (χ1) is 16.1. The molecule has 4 rings (SSSR count). The Morgan fingerprint density at radius 2 is 1.97 bits per heavy atom. The first-order valence-corrected chi connectivity index (χ1v) is 11.4. The summed E-state index contributed by atoms with van der Waals surface area (Å²) in [4.78, 5) is 21.7. The van der Waals surface area contributed by atoms with Gasteiger partial charge in [-0.1, -0.05) is 6.07 Å². The zero-order valence-electron chi connectivity index (χ0n) is 18.9. The Labute approximate surface area is 195 Å². The molecule has 1 aromatic heterocycles. The molecular weight excluding hydrogens is 449 g/mol. The molecule has 1 aliphatic carbocycles. The summed E-state index contributed by atoms with van der Waals surface area (Å²) in [5, 5.41) is 15.5.